The van der Waals surface area contributed by atoms with E-state index in [0.29, 0.717) is 13.1 Å². The number of thiophene rings is 1. The van der Waals surface area contributed by atoms with Gasteiger partial charge in [0.25, 0.3) is 0 Å². The van der Waals surface area contributed by atoms with E-state index in [-0.39, 0.29) is 17.9 Å². The lowest BCUT2D eigenvalue weighted by Crippen LogP contribution is -2.45. The normalized spacial score (nSPS) is 17.9. The van der Waals surface area contributed by atoms with E-state index in [1.54, 1.807) is 17.7 Å². The summed E-state index contributed by atoms with van der Waals surface area (Å²) in [6.45, 7) is 1.11. The molecular weight excluding hydrogens is 395 g/mol. The van der Waals surface area contributed by atoms with Crippen LogP contribution in [0.4, 0.5) is 9.18 Å². The van der Waals surface area contributed by atoms with E-state index < -0.39 is 0 Å². The molecule has 1 aromatic heterocycles. The van der Waals surface area contributed by atoms with E-state index in [9.17, 15) is 9.18 Å². The van der Waals surface area contributed by atoms with Crippen LogP contribution < -0.4 is 5.32 Å². The molecule has 0 saturated carbocycles. The maximum atomic E-state index is 13.2. The molecule has 1 atom stereocenters. The molecule has 3 nitrogen and oxygen atoms in total. The number of carbonyl (C=O) groups is 1. The number of hydrogen-bond acceptors (Lipinski definition) is 2. The van der Waals surface area contributed by atoms with Crippen molar-refractivity contribution in [3.63, 3.8) is 0 Å². The van der Waals surface area contributed by atoms with Crippen molar-refractivity contribution in [1.82, 2.24) is 10.2 Å². The van der Waals surface area contributed by atoms with Gasteiger partial charge in [0, 0.05) is 22.8 Å². The fourth-order valence-corrected chi connectivity index (χ4v) is 6.30. The Morgan fingerprint density at radius 3 is 2.57 bits per heavy atom. The first-order chi connectivity index (χ1) is 14.7. The van der Waals surface area contributed by atoms with Crippen molar-refractivity contribution in [2.45, 2.75) is 44.7 Å². The van der Waals surface area contributed by atoms with Gasteiger partial charge in [-0.3, -0.25) is 0 Å². The first-order valence-electron chi connectivity index (χ1n) is 10.7. The number of carbonyl (C=O) groups excluding carboxylic acids is 1. The molecule has 0 radical (unpaired) electrons. The maximum Gasteiger partial charge on any atom is 0.318 e. The van der Waals surface area contributed by atoms with Gasteiger partial charge < -0.3 is 10.2 Å². The van der Waals surface area contributed by atoms with Crippen molar-refractivity contribution in [3.05, 3.63) is 92.4 Å². The lowest BCUT2D eigenvalue weighted by atomic mass is 9.88. The number of amides is 2. The Balaban J connectivity index is 1.44. The summed E-state index contributed by atoms with van der Waals surface area (Å²) in [4.78, 5) is 18.1. The minimum Gasteiger partial charge on any atom is -0.334 e. The summed E-state index contributed by atoms with van der Waals surface area (Å²) in [5.41, 5.74) is 5.11. The summed E-state index contributed by atoms with van der Waals surface area (Å²) in [6, 6.07) is 16.5. The SMILES string of the molecule is O=C(NCc1ccc(F)cc1)N1CCc2c(sc3c2CCCC3)[C@@H]1c1ccccc1. The molecule has 2 heterocycles. The van der Waals surface area contributed by atoms with Crippen LogP contribution in [0.15, 0.2) is 54.6 Å². The van der Waals surface area contributed by atoms with Crippen molar-refractivity contribution in [1.29, 1.82) is 0 Å². The topological polar surface area (TPSA) is 32.3 Å². The van der Waals surface area contributed by atoms with E-state index in [2.05, 4.69) is 17.4 Å². The van der Waals surface area contributed by atoms with Gasteiger partial charge in [-0.2, -0.15) is 0 Å². The van der Waals surface area contributed by atoms with Gasteiger partial charge in [-0.15, -0.1) is 11.3 Å². The fourth-order valence-electron chi connectivity index (χ4n) is 4.72. The number of halogens is 1. The molecule has 2 aromatic carbocycles. The zero-order chi connectivity index (χ0) is 20.5. The van der Waals surface area contributed by atoms with Gasteiger partial charge in [-0.1, -0.05) is 42.5 Å². The molecule has 0 bridgehead atoms. The van der Waals surface area contributed by atoms with Crippen molar-refractivity contribution < 1.29 is 9.18 Å². The molecule has 3 aromatic rings. The third kappa shape index (κ3) is 3.63. The largest absolute Gasteiger partial charge is 0.334 e. The first kappa shape index (κ1) is 19.3. The predicted molar refractivity (Wildman–Crippen MR) is 118 cm³/mol. The Labute approximate surface area is 180 Å². The summed E-state index contributed by atoms with van der Waals surface area (Å²) in [5, 5.41) is 3.05. The number of benzene rings is 2. The number of fused-ring (bicyclic) bond motifs is 3. The lowest BCUT2D eigenvalue weighted by molar-refractivity contribution is 0.180. The average Bonchev–Trinajstić information content (AvgIpc) is 3.17. The van der Waals surface area contributed by atoms with Gasteiger partial charge in [0.15, 0.2) is 0 Å². The van der Waals surface area contributed by atoms with Crippen LogP contribution in [0.2, 0.25) is 0 Å². The van der Waals surface area contributed by atoms with E-state index >= 15 is 0 Å². The Kier molecular flexibility index (Phi) is 5.30. The molecule has 1 aliphatic heterocycles. The van der Waals surface area contributed by atoms with Crippen LogP contribution in [0.5, 0.6) is 0 Å². The van der Waals surface area contributed by atoms with Gasteiger partial charge in [-0.05, 0) is 66.5 Å². The zero-order valence-electron chi connectivity index (χ0n) is 16.9. The molecule has 154 valence electrons. The number of hydrogen-bond donors (Lipinski definition) is 1. The van der Waals surface area contributed by atoms with Crippen molar-refractivity contribution >= 4 is 17.4 Å². The van der Waals surface area contributed by atoms with Crippen LogP contribution in [0.3, 0.4) is 0 Å². The Morgan fingerprint density at radius 1 is 1.00 bits per heavy atom. The van der Waals surface area contributed by atoms with Gasteiger partial charge in [0.2, 0.25) is 0 Å². The second kappa shape index (κ2) is 8.23. The average molecular weight is 421 g/mol. The number of nitrogens with zero attached hydrogens (tertiary/aromatic N) is 1. The first-order valence-corrected chi connectivity index (χ1v) is 11.5. The molecule has 0 unspecified atom stereocenters. The quantitative estimate of drug-likeness (QED) is 0.586. The molecule has 0 fully saturated rings. The molecule has 5 heteroatoms. The molecule has 30 heavy (non-hydrogen) atoms. The highest BCUT2D eigenvalue weighted by Crippen LogP contribution is 2.44. The highest BCUT2D eigenvalue weighted by molar-refractivity contribution is 7.12. The van der Waals surface area contributed by atoms with E-state index in [1.165, 1.54) is 53.1 Å². The third-order valence-electron chi connectivity index (χ3n) is 6.21. The van der Waals surface area contributed by atoms with Gasteiger partial charge in [-0.25, -0.2) is 9.18 Å². The summed E-state index contributed by atoms with van der Waals surface area (Å²) >= 11 is 1.91. The Bertz CT molecular complexity index is 1050. The molecule has 1 aliphatic carbocycles. The summed E-state index contributed by atoms with van der Waals surface area (Å²) in [6.07, 6.45) is 5.82. The van der Waals surface area contributed by atoms with Crippen LogP contribution in [0, 0.1) is 5.82 Å². The number of urea groups is 1. The lowest BCUT2D eigenvalue weighted by Gasteiger charge is -2.36. The number of rotatable bonds is 3. The molecule has 2 amide bonds. The van der Waals surface area contributed by atoms with Crippen molar-refractivity contribution in [2.24, 2.45) is 0 Å². The molecular formula is C25H25FN2OS. The number of aryl methyl sites for hydroxylation is 1. The van der Waals surface area contributed by atoms with Crippen LogP contribution in [-0.2, 0) is 25.8 Å². The van der Waals surface area contributed by atoms with Crippen LogP contribution >= 0.6 is 11.3 Å². The molecule has 0 saturated heterocycles. The molecule has 5 rings (SSSR count). The standard InChI is InChI=1S/C25H25FN2OS/c26-19-12-10-17(11-13-19)16-27-25(29)28-15-14-21-20-8-4-5-9-22(20)30-24(21)23(28)18-6-2-1-3-7-18/h1-3,6-7,10-13,23H,4-5,8-9,14-16H2,(H,27,29)/t23-/m0/s1. The van der Waals surface area contributed by atoms with E-state index in [4.69, 9.17) is 0 Å². The van der Waals surface area contributed by atoms with Crippen molar-refractivity contribution in [2.75, 3.05) is 6.54 Å². The molecule has 0 spiro atoms. The monoisotopic (exact) mass is 420 g/mol. The zero-order valence-corrected chi connectivity index (χ0v) is 17.7. The van der Waals surface area contributed by atoms with Crippen LogP contribution in [0.1, 0.15) is 50.9 Å². The van der Waals surface area contributed by atoms with E-state index in [1.807, 2.05) is 34.4 Å². The summed E-state index contributed by atoms with van der Waals surface area (Å²) < 4.78 is 13.2. The third-order valence-corrected chi connectivity index (χ3v) is 7.59. The van der Waals surface area contributed by atoms with Crippen LogP contribution in [0.25, 0.3) is 0 Å². The minimum absolute atomic E-state index is 0.0428. The van der Waals surface area contributed by atoms with Gasteiger partial charge >= 0.3 is 6.03 Å². The summed E-state index contributed by atoms with van der Waals surface area (Å²) in [7, 11) is 0. The van der Waals surface area contributed by atoms with Gasteiger partial charge in [0.05, 0.1) is 6.04 Å². The summed E-state index contributed by atoms with van der Waals surface area (Å²) in [5.74, 6) is -0.264. The second-order valence-corrected chi connectivity index (χ2v) is 9.23. The predicted octanol–water partition coefficient (Wildman–Crippen LogP) is 5.62. The Hall–Kier alpha value is -2.66. The second-order valence-electron chi connectivity index (χ2n) is 8.10. The fraction of sp³-hybridized carbons (Fsp3) is 0.320. The highest BCUT2D eigenvalue weighted by Gasteiger charge is 2.36. The smallest absolute Gasteiger partial charge is 0.318 e. The maximum absolute atomic E-state index is 13.2. The highest BCUT2D eigenvalue weighted by atomic mass is 32.1. The molecule has 1 N–H and O–H groups in total. The minimum atomic E-state index is -0.264. The Morgan fingerprint density at radius 2 is 1.77 bits per heavy atom. The van der Waals surface area contributed by atoms with E-state index in [0.717, 1.165) is 17.5 Å². The number of nitrogens with one attached hydrogen (secondary N) is 1. The van der Waals surface area contributed by atoms with Gasteiger partial charge in [0.1, 0.15) is 5.82 Å². The van der Waals surface area contributed by atoms with Crippen molar-refractivity contribution in [3.8, 4) is 0 Å². The van der Waals surface area contributed by atoms with Crippen LogP contribution in [-0.4, -0.2) is 17.5 Å². The molecule has 2 aliphatic rings.